The fourth-order valence-corrected chi connectivity index (χ4v) is 4.28. The summed E-state index contributed by atoms with van der Waals surface area (Å²) in [6.07, 6.45) is 5.51. The Balaban J connectivity index is 1.49. The molecule has 0 spiro atoms. The van der Waals surface area contributed by atoms with E-state index in [4.69, 9.17) is 9.47 Å². The molecule has 0 aliphatic carbocycles. The molecule has 0 N–H and O–H groups in total. The maximum absolute atomic E-state index is 13.5. The van der Waals surface area contributed by atoms with Gasteiger partial charge in [0.15, 0.2) is 11.6 Å². The molecule has 2 aliphatic heterocycles. The zero-order chi connectivity index (χ0) is 23.2. The number of morpholine rings is 1. The number of aryl methyl sites for hydroxylation is 1. The second-order valence-corrected chi connectivity index (χ2v) is 8.18. The maximum atomic E-state index is 13.5. The Morgan fingerprint density at radius 1 is 1.21 bits per heavy atom. The number of imidazole rings is 1. The number of carbonyl (C=O) groups excluding carboxylic acids is 1. The molecule has 8 heteroatoms. The van der Waals surface area contributed by atoms with Crippen LogP contribution in [0.2, 0.25) is 0 Å². The van der Waals surface area contributed by atoms with Gasteiger partial charge in [-0.1, -0.05) is 18.2 Å². The Labute approximate surface area is 190 Å². The molecule has 0 bridgehead atoms. The summed E-state index contributed by atoms with van der Waals surface area (Å²) in [5, 5.41) is 0. The van der Waals surface area contributed by atoms with Crippen LogP contribution in [0.15, 0.2) is 65.7 Å². The highest BCUT2D eigenvalue weighted by molar-refractivity contribution is 6.14. The van der Waals surface area contributed by atoms with Crippen LogP contribution in [0.5, 0.6) is 5.75 Å². The van der Waals surface area contributed by atoms with Gasteiger partial charge < -0.3 is 18.9 Å². The van der Waals surface area contributed by atoms with Gasteiger partial charge in [0.25, 0.3) is 5.91 Å². The van der Waals surface area contributed by atoms with Crippen molar-refractivity contribution < 1.29 is 18.7 Å². The number of ether oxygens (including phenoxy) is 2. The van der Waals surface area contributed by atoms with E-state index in [-0.39, 0.29) is 11.7 Å². The minimum atomic E-state index is -1.01. The first kappa shape index (κ1) is 20.9. The van der Waals surface area contributed by atoms with E-state index in [1.54, 1.807) is 25.6 Å². The van der Waals surface area contributed by atoms with Crippen LogP contribution in [0.25, 0.3) is 11.8 Å². The van der Waals surface area contributed by atoms with Gasteiger partial charge in [-0.15, -0.1) is 0 Å². The number of hydrogen-bond acceptors (Lipinski definition) is 5. The number of amides is 1. The predicted octanol–water partition coefficient (Wildman–Crippen LogP) is 3.86. The number of fused-ring (bicyclic) bond motifs is 1. The van der Waals surface area contributed by atoms with Crippen LogP contribution in [0.3, 0.4) is 0 Å². The number of nitrogens with zero attached hydrogens (tertiary/aromatic N) is 4. The third-order valence-corrected chi connectivity index (χ3v) is 6.11. The molecule has 2 aromatic carbocycles. The highest BCUT2D eigenvalue weighted by Gasteiger charge is 2.50. The lowest BCUT2D eigenvalue weighted by Gasteiger charge is -2.38. The molecular weight excluding hydrogens is 423 g/mol. The van der Waals surface area contributed by atoms with Crippen LogP contribution in [0.4, 0.5) is 4.39 Å². The number of amidine groups is 1. The molecule has 0 saturated carbocycles. The molecule has 0 radical (unpaired) electrons. The van der Waals surface area contributed by atoms with Crippen LogP contribution in [0.1, 0.15) is 23.7 Å². The van der Waals surface area contributed by atoms with Crippen LogP contribution in [-0.2, 0) is 15.1 Å². The topological polar surface area (TPSA) is 69.0 Å². The first-order chi connectivity index (χ1) is 15.9. The Morgan fingerprint density at radius 3 is 2.70 bits per heavy atom. The smallest absolute Gasteiger partial charge is 0.278 e. The van der Waals surface area contributed by atoms with Gasteiger partial charge in [0.1, 0.15) is 23.7 Å². The molecular formula is C25H23FN4O3. The van der Waals surface area contributed by atoms with Crippen molar-refractivity contribution in [3.05, 3.63) is 83.4 Å². The van der Waals surface area contributed by atoms with Crippen molar-refractivity contribution in [1.29, 1.82) is 0 Å². The van der Waals surface area contributed by atoms with E-state index in [0.717, 1.165) is 16.9 Å². The zero-order valence-corrected chi connectivity index (χ0v) is 18.6. The largest absolute Gasteiger partial charge is 0.495 e. The summed E-state index contributed by atoms with van der Waals surface area (Å²) >= 11 is 0. The van der Waals surface area contributed by atoms with Gasteiger partial charge in [0.05, 0.1) is 31.4 Å². The fourth-order valence-electron chi connectivity index (χ4n) is 4.28. The van der Waals surface area contributed by atoms with Crippen LogP contribution < -0.4 is 4.74 Å². The highest BCUT2D eigenvalue weighted by atomic mass is 19.1. The van der Waals surface area contributed by atoms with E-state index < -0.39 is 5.54 Å². The Kier molecular flexibility index (Phi) is 5.00. The first-order valence-corrected chi connectivity index (χ1v) is 10.6. The van der Waals surface area contributed by atoms with Crippen molar-refractivity contribution in [3.63, 3.8) is 0 Å². The van der Waals surface area contributed by atoms with Crippen molar-refractivity contribution >= 4 is 17.8 Å². The van der Waals surface area contributed by atoms with Crippen LogP contribution in [0, 0.1) is 12.7 Å². The van der Waals surface area contributed by atoms with Gasteiger partial charge in [0, 0.05) is 6.20 Å². The number of benzene rings is 2. The maximum Gasteiger partial charge on any atom is 0.278 e. The van der Waals surface area contributed by atoms with Gasteiger partial charge in [-0.3, -0.25) is 4.79 Å². The molecule has 1 fully saturated rings. The summed E-state index contributed by atoms with van der Waals surface area (Å²) in [7, 11) is 1.62. The molecule has 3 heterocycles. The Morgan fingerprint density at radius 2 is 2.00 bits per heavy atom. The van der Waals surface area contributed by atoms with E-state index >= 15 is 0 Å². The Hall–Kier alpha value is -3.94. The second-order valence-electron chi connectivity index (χ2n) is 8.18. The number of hydrogen-bond donors (Lipinski definition) is 0. The van der Waals surface area contributed by atoms with Crippen LogP contribution in [-0.4, -0.2) is 46.5 Å². The average molecular weight is 446 g/mol. The monoisotopic (exact) mass is 446 g/mol. The average Bonchev–Trinajstić information content (AvgIpc) is 3.36. The number of aliphatic imine (C=N–C) groups is 1. The molecule has 2 aliphatic rings. The summed E-state index contributed by atoms with van der Waals surface area (Å²) in [6, 6.07) is 11.8. The molecule has 1 unspecified atom stereocenters. The molecule has 7 nitrogen and oxygen atoms in total. The first-order valence-electron chi connectivity index (χ1n) is 10.6. The second kappa shape index (κ2) is 7.88. The Bertz CT molecular complexity index is 1300. The van der Waals surface area contributed by atoms with E-state index in [1.807, 2.05) is 53.8 Å². The molecule has 5 rings (SSSR count). The van der Waals surface area contributed by atoms with Gasteiger partial charge in [-0.05, 0) is 55.3 Å². The highest BCUT2D eigenvalue weighted by Crippen LogP contribution is 2.38. The molecule has 1 amide bonds. The quantitative estimate of drug-likeness (QED) is 0.609. The minimum absolute atomic E-state index is 0.302. The fraction of sp³-hybridized carbons (Fsp3) is 0.240. The SMILES string of the molecule is COc1cc(C=C2OCCN3C2=NC(=O)C3(C)c2ccc(F)cc2)ccc1-n1cnc(C)c1. The van der Waals surface area contributed by atoms with Gasteiger partial charge in [-0.2, -0.15) is 4.99 Å². The summed E-state index contributed by atoms with van der Waals surface area (Å²) in [6.45, 7) is 4.64. The van der Waals surface area contributed by atoms with Crippen molar-refractivity contribution in [1.82, 2.24) is 14.5 Å². The molecule has 33 heavy (non-hydrogen) atoms. The van der Waals surface area contributed by atoms with Gasteiger partial charge >= 0.3 is 0 Å². The van der Waals surface area contributed by atoms with E-state index in [9.17, 15) is 9.18 Å². The molecule has 1 saturated heterocycles. The van der Waals surface area contributed by atoms with Gasteiger partial charge in [-0.25, -0.2) is 9.37 Å². The third kappa shape index (κ3) is 3.47. The number of rotatable bonds is 4. The zero-order valence-electron chi connectivity index (χ0n) is 18.6. The van der Waals surface area contributed by atoms with Crippen molar-refractivity contribution in [2.24, 2.45) is 4.99 Å². The number of halogens is 1. The molecule has 1 atom stereocenters. The number of carbonyl (C=O) groups is 1. The van der Waals surface area contributed by atoms with E-state index in [2.05, 4.69) is 9.98 Å². The standard InChI is InChI=1S/C25H23FN4O3/c1-16-14-29(15-27-16)20-9-4-17(12-21(20)32-3)13-22-23-28-24(31)25(2,30(23)10-11-33-22)18-5-7-19(26)8-6-18/h4-9,12-15H,10-11H2,1-3H3. The van der Waals surface area contributed by atoms with Crippen LogP contribution >= 0.6 is 0 Å². The molecule has 1 aromatic heterocycles. The van der Waals surface area contributed by atoms with E-state index in [0.29, 0.717) is 36.1 Å². The molecule has 3 aromatic rings. The van der Waals surface area contributed by atoms with Crippen molar-refractivity contribution in [3.8, 4) is 11.4 Å². The lowest BCUT2D eigenvalue weighted by atomic mass is 9.90. The lowest BCUT2D eigenvalue weighted by Crippen LogP contribution is -2.50. The van der Waals surface area contributed by atoms with Gasteiger partial charge in [0.2, 0.25) is 0 Å². The summed E-state index contributed by atoms with van der Waals surface area (Å²) in [5.41, 5.74) is 2.30. The summed E-state index contributed by atoms with van der Waals surface area (Å²) in [5.74, 6) is 1.01. The van der Waals surface area contributed by atoms with E-state index in [1.165, 1.54) is 12.1 Å². The van der Waals surface area contributed by atoms with Crippen molar-refractivity contribution in [2.75, 3.05) is 20.3 Å². The normalized spacial score (nSPS) is 21.1. The predicted molar refractivity (Wildman–Crippen MR) is 122 cm³/mol. The third-order valence-electron chi connectivity index (χ3n) is 6.11. The summed E-state index contributed by atoms with van der Waals surface area (Å²) < 4.78 is 26.9. The number of methoxy groups -OCH3 is 1. The minimum Gasteiger partial charge on any atom is -0.495 e. The number of aromatic nitrogens is 2. The molecule has 168 valence electrons. The van der Waals surface area contributed by atoms with Crippen molar-refractivity contribution in [2.45, 2.75) is 19.4 Å². The lowest BCUT2D eigenvalue weighted by molar-refractivity contribution is -0.125. The summed E-state index contributed by atoms with van der Waals surface area (Å²) in [4.78, 5) is 23.5.